The number of hydrogen-bond acceptors (Lipinski definition) is 2. The summed E-state index contributed by atoms with van der Waals surface area (Å²) in [6.45, 7) is 5.05. The average Bonchev–Trinajstić information content (AvgIpc) is 2.33. The number of rotatable bonds is 5. The van der Waals surface area contributed by atoms with Gasteiger partial charge in [-0.15, -0.1) is 11.6 Å². The number of nitrogens with zero attached hydrogens (tertiary/aromatic N) is 1. The summed E-state index contributed by atoms with van der Waals surface area (Å²) < 4.78 is 0. The van der Waals surface area contributed by atoms with E-state index in [0.717, 1.165) is 6.42 Å². The van der Waals surface area contributed by atoms with Crippen molar-refractivity contribution in [1.82, 2.24) is 4.90 Å². The zero-order chi connectivity index (χ0) is 12.8. The summed E-state index contributed by atoms with van der Waals surface area (Å²) in [7, 11) is 0. The lowest BCUT2D eigenvalue weighted by Crippen LogP contribution is -2.32. The zero-order valence-electron chi connectivity index (χ0n) is 10.2. The van der Waals surface area contributed by atoms with Crippen molar-refractivity contribution in [3.8, 4) is 5.75 Å². The van der Waals surface area contributed by atoms with E-state index in [1.54, 1.807) is 30.0 Å². The Labute approximate surface area is 107 Å². The quantitative estimate of drug-likeness (QED) is 0.822. The molecule has 3 nitrogen and oxygen atoms in total. The molecular formula is C13H18ClNO2. The van der Waals surface area contributed by atoms with Gasteiger partial charge in [0.2, 0.25) is 0 Å². The number of carbonyl (C=O) groups excluding carboxylic acids is 1. The van der Waals surface area contributed by atoms with Crippen molar-refractivity contribution in [3.05, 3.63) is 29.3 Å². The normalized spacial score (nSPS) is 10.3. The van der Waals surface area contributed by atoms with Crippen molar-refractivity contribution >= 4 is 17.5 Å². The van der Waals surface area contributed by atoms with Gasteiger partial charge in [-0.1, -0.05) is 0 Å². The minimum absolute atomic E-state index is 0.0132. The predicted molar refractivity (Wildman–Crippen MR) is 69.8 cm³/mol. The Morgan fingerprint density at radius 3 is 2.71 bits per heavy atom. The Hall–Kier alpha value is -1.22. The van der Waals surface area contributed by atoms with Gasteiger partial charge in [-0.3, -0.25) is 4.79 Å². The van der Waals surface area contributed by atoms with Gasteiger partial charge in [0.15, 0.2) is 0 Å². The third kappa shape index (κ3) is 3.63. The van der Waals surface area contributed by atoms with Crippen LogP contribution in [0, 0.1) is 6.92 Å². The zero-order valence-corrected chi connectivity index (χ0v) is 11.0. The topological polar surface area (TPSA) is 40.5 Å². The molecule has 4 heteroatoms. The Kier molecular flexibility index (Phi) is 5.29. The molecule has 0 unspecified atom stereocenters. The van der Waals surface area contributed by atoms with Crippen LogP contribution in [0.2, 0.25) is 0 Å². The highest BCUT2D eigenvalue weighted by molar-refractivity contribution is 6.17. The van der Waals surface area contributed by atoms with Crippen molar-refractivity contribution in [1.29, 1.82) is 0 Å². The van der Waals surface area contributed by atoms with Crippen LogP contribution in [0.4, 0.5) is 0 Å². The van der Waals surface area contributed by atoms with Crippen LogP contribution in [-0.4, -0.2) is 34.9 Å². The van der Waals surface area contributed by atoms with Crippen molar-refractivity contribution in [3.63, 3.8) is 0 Å². The van der Waals surface area contributed by atoms with Crippen LogP contribution in [0.15, 0.2) is 18.2 Å². The van der Waals surface area contributed by atoms with Crippen LogP contribution >= 0.6 is 11.6 Å². The Bertz CT molecular complexity index is 393. The van der Waals surface area contributed by atoms with E-state index < -0.39 is 0 Å². The van der Waals surface area contributed by atoms with Gasteiger partial charge in [-0.05, 0) is 44.0 Å². The highest BCUT2D eigenvalue weighted by Gasteiger charge is 2.14. The molecule has 0 aliphatic carbocycles. The van der Waals surface area contributed by atoms with Crippen LogP contribution < -0.4 is 0 Å². The highest BCUT2D eigenvalue weighted by Crippen LogP contribution is 2.18. The van der Waals surface area contributed by atoms with Crippen molar-refractivity contribution in [2.75, 3.05) is 19.0 Å². The van der Waals surface area contributed by atoms with Gasteiger partial charge in [0.25, 0.3) is 5.91 Å². The molecule has 0 saturated carbocycles. The summed E-state index contributed by atoms with van der Waals surface area (Å²) >= 11 is 5.63. The van der Waals surface area contributed by atoms with Gasteiger partial charge in [-0.25, -0.2) is 0 Å². The van der Waals surface area contributed by atoms with E-state index in [2.05, 4.69) is 0 Å². The maximum Gasteiger partial charge on any atom is 0.253 e. The summed E-state index contributed by atoms with van der Waals surface area (Å²) in [5, 5.41) is 9.42. The van der Waals surface area contributed by atoms with Crippen LogP contribution in [0.3, 0.4) is 0 Å². The van der Waals surface area contributed by atoms with Crippen molar-refractivity contribution < 1.29 is 9.90 Å². The van der Waals surface area contributed by atoms with Gasteiger partial charge in [0.05, 0.1) is 0 Å². The van der Waals surface area contributed by atoms with Gasteiger partial charge in [-0.2, -0.15) is 0 Å². The van der Waals surface area contributed by atoms with Crippen LogP contribution in [0.25, 0.3) is 0 Å². The van der Waals surface area contributed by atoms with E-state index in [1.807, 2.05) is 6.92 Å². The van der Waals surface area contributed by atoms with E-state index in [9.17, 15) is 9.90 Å². The fourth-order valence-electron chi connectivity index (χ4n) is 1.62. The summed E-state index contributed by atoms with van der Waals surface area (Å²) in [6.07, 6.45) is 0.790. The first-order valence-corrected chi connectivity index (χ1v) is 6.28. The monoisotopic (exact) mass is 255 g/mol. The molecule has 94 valence electrons. The lowest BCUT2D eigenvalue weighted by molar-refractivity contribution is 0.0765. The molecule has 1 rings (SSSR count). The maximum absolute atomic E-state index is 12.1. The number of phenols is 1. The smallest absolute Gasteiger partial charge is 0.253 e. The van der Waals surface area contributed by atoms with Crippen molar-refractivity contribution in [2.45, 2.75) is 20.3 Å². The number of aromatic hydroxyl groups is 1. The molecule has 0 spiro atoms. The predicted octanol–water partition coefficient (Wildman–Crippen LogP) is 2.79. The molecular weight excluding hydrogens is 238 g/mol. The second-order valence-corrected chi connectivity index (χ2v) is 4.31. The molecule has 0 bridgehead atoms. The summed E-state index contributed by atoms with van der Waals surface area (Å²) in [6, 6.07) is 4.91. The third-order valence-electron chi connectivity index (χ3n) is 2.67. The molecule has 1 aromatic rings. The molecule has 0 aromatic heterocycles. The standard InChI is InChI=1S/C13H18ClNO2/c1-3-15(8-4-7-14)13(17)11-5-6-12(16)10(2)9-11/h5-6,9,16H,3-4,7-8H2,1-2H3. The minimum atomic E-state index is -0.0132. The van der Waals surface area contributed by atoms with Gasteiger partial charge < -0.3 is 10.0 Å². The van der Waals surface area contributed by atoms with Gasteiger partial charge in [0, 0.05) is 24.5 Å². The summed E-state index contributed by atoms with van der Waals surface area (Å²) in [4.78, 5) is 13.9. The Balaban J connectivity index is 2.82. The number of benzene rings is 1. The number of aryl methyl sites for hydroxylation is 1. The van der Waals surface area contributed by atoms with Crippen LogP contribution in [-0.2, 0) is 0 Å². The number of amides is 1. The molecule has 0 radical (unpaired) electrons. The average molecular weight is 256 g/mol. The first-order valence-electron chi connectivity index (χ1n) is 5.75. The number of carbonyl (C=O) groups is 1. The van der Waals surface area contributed by atoms with Gasteiger partial charge >= 0.3 is 0 Å². The van der Waals surface area contributed by atoms with Gasteiger partial charge in [0.1, 0.15) is 5.75 Å². The van der Waals surface area contributed by atoms with Crippen LogP contribution in [0.5, 0.6) is 5.75 Å². The molecule has 0 saturated heterocycles. The number of alkyl halides is 1. The fraction of sp³-hybridized carbons (Fsp3) is 0.462. The molecule has 0 heterocycles. The van der Waals surface area contributed by atoms with E-state index >= 15 is 0 Å². The lowest BCUT2D eigenvalue weighted by atomic mass is 10.1. The highest BCUT2D eigenvalue weighted by atomic mass is 35.5. The first kappa shape index (κ1) is 13.8. The number of hydrogen-bond donors (Lipinski definition) is 1. The molecule has 0 fully saturated rings. The van der Waals surface area contributed by atoms with Crippen LogP contribution in [0.1, 0.15) is 29.3 Å². The van der Waals surface area contributed by atoms with E-state index in [1.165, 1.54) is 0 Å². The Morgan fingerprint density at radius 1 is 1.47 bits per heavy atom. The number of halogens is 1. The first-order chi connectivity index (χ1) is 8.10. The summed E-state index contributed by atoms with van der Waals surface area (Å²) in [5.74, 6) is 0.754. The summed E-state index contributed by atoms with van der Waals surface area (Å²) in [5.41, 5.74) is 1.32. The fourth-order valence-corrected chi connectivity index (χ4v) is 1.74. The molecule has 1 aromatic carbocycles. The minimum Gasteiger partial charge on any atom is -0.508 e. The van der Waals surface area contributed by atoms with E-state index in [4.69, 9.17) is 11.6 Å². The molecule has 1 N–H and O–H groups in total. The molecule has 0 aliphatic rings. The maximum atomic E-state index is 12.1. The second-order valence-electron chi connectivity index (χ2n) is 3.93. The molecule has 0 atom stereocenters. The van der Waals surface area contributed by atoms with E-state index in [0.29, 0.717) is 30.1 Å². The molecule has 1 amide bonds. The van der Waals surface area contributed by atoms with Crippen molar-refractivity contribution in [2.24, 2.45) is 0 Å². The number of phenolic OH excluding ortho intramolecular Hbond substituents is 1. The largest absolute Gasteiger partial charge is 0.508 e. The second kappa shape index (κ2) is 6.50. The van der Waals surface area contributed by atoms with E-state index in [-0.39, 0.29) is 11.7 Å². The lowest BCUT2D eigenvalue weighted by Gasteiger charge is -2.20. The Morgan fingerprint density at radius 2 is 2.18 bits per heavy atom. The third-order valence-corrected chi connectivity index (χ3v) is 2.94. The molecule has 17 heavy (non-hydrogen) atoms. The molecule has 0 aliphatic heterocycles. The SMILES string of the molecule is CCN(CCCCl)C(=O)c1ccc(O)c(C)c1.